The molecule has 0 aliphatic carbocycles. The molecule has 27 heavy (non-hydrogen) atoms. The van der Waals surface area contributed by atoms with Crippen LogP contribution in [0.15, 0.2) is 47.1 Å². The molecule has 0 spiro atoms. The van der Waals surface area contributed by atoms with Crippen molar-refractivity contribution in [2.45, 2.75) is 38.8 Å². The lowest BCUT2D eigenvalue weighted by Gasteiger charge is -2.44. The number of para-hydroxylation sites is 1. The average molecular weight is 393 g/mol. The molecule has 148 valence electrons. The Kier molecular flexibility index (Phi) is 7.75. The third-order valence-electron chi connectivity index (χ3n) is 5.19. The smallest absolute Gasteiger partial charge is 0.289 e. The van der Waals surface area contributed by atoms with Gasteiger partial charge in [-0.1, -0.05) is 18.2 Å². The van der Waals surface area contributed by atoms with Crippen molar-refractivity contribution in [2.24, 2.45) is 0 Å². The number of benzene rings is 1. The maximum absolute atomic E-state index is 12.6. The van der Waals surface area contributed by atoms with E-state index >= 15 is 0 Å². The minimum atomic E-state index is -0.0111. The van der Waals surface area contributed by atoms with Gasteiger partial charge in [0.2, 0.25) is 0 Å². The van der Waals surface area contributed by atoms with E-state index in [1.54, 1.807) is 25.5 Å². The number of rotatable bonds is 6. The van der Waals surface area contributed by atoms with E-state index < -0.39 is 0 Å². The maximum Gasteiger partial charge on any atom is 0.289 e. The lowest BCUT2D eigenvalue weighted by atomic mass is 10.0. The van der Waals surface area contributed by atoms with Gasteiger partial charge in [-0.3, -0.25) is 9.69 Å². The highest BCUT2D eigenvalue weighted by molar-refractivity contribution is 5.91. The fourth-order valence-electron chi connectivity index (χ4n) is 3.72. The molecule has 6 heteroatoms. The summed E-state index contributed by atoms with van der Waals surface area (Å²) < 4.78 is 10.7. The van der Waals surface area contributed by atoms with E-state index in [2.05, 4.69) is 30.9 Å². The Morgan fingerprint density at radius 2 is 1.93 bits per heavy atom. The summed E-state index contributed by atoms with van der Waals surface area (Å²) in [6.45, 7) is 6.94. The van der Waals surface area contributed by atoms with Crippen molar-refractivity contribution in [1.82, 2.24) is 9.80 Å². The zero-order valence-electron chi connectivity index (χ0n) is 16.3. The van der Waals surface area contributed by atoms with Gasteiger partial charge >= 0.3 is 0 Å². The minimum Gasteiger partial charge on any atom is -0.496 e. The van der Waals surface area contributed by atoms with Gasteiger partial charge in [0.15, 0.2) is 5.76 Å². The normalized spacial score (nSPS) is 20.2. The molecular weight excluding hydrogens is 364 g/mol. The van der Waals surface area contributed by atoms with Gasteiger partial charge in [-0.15, -0.1) is 12.4 Å². The van der Waals surface area contributed by atoms with Crippen molar-refractivity contribution in [3.8, 4) is 5.75 Å². The summed E-state index contributed by atoms with van der Waals surface area (Å²) in [5.74, 6) is 1.37. The second kappa shape index (κ2) is 9.81. The molecule has 1 aliphatic heterocycles. The van der Waals surface area contributed by atoms with Crippen LogP contribution in [0, 0.1) is 0 Å². The molecule has 2 atom stereocenters. The van der Waals surface area contributed by atoms with Crippen molar-refractivity contribution in [2.75, 3.05) is 26.7 Å². The van der Waals surface area contributed by atoms with Crippen molar-refractivity contribution >= 4 is 18.3 Å². The van der Waals surface area contributed by atoms with Crippen LogP contribution in [0.5, 0.6) is 5.75 Å². The van der Waals surface area contributed by atoms with Gasteiger partial charge in [-0.2, -0.15) is 0 Å². The molecule has 0 radical (unpaired) electrons. The number of piperazine rings is 1. The lowest BCUT2D eigenvalue weighted by molar-refractivity contribution is 0.0290. The first-order chi connectivity index (χ1) is 12.6. The molecule has 2 aromatic rings. The predicted octanol–water partition coefficient (Wildman–Crippen LogP) is 3.88. The second-order valence-corrected chi connectivity index (χ2v) is 7.04. The Hall–Kier alpha value is -1.98. The molecule has 0 saturated carbocycles. The summed E-state index contributed by atoms with van der Waals surface area (Å²) in [7, 11) is 1.72. The standard InChI is InChI=1S/C21H28N2O3.ClH/c1-16-15-23(21(24)20-11-7-13-26-20)17(2)14-22(16)12-6-9-18-8-4-5-10-19(18)25-3;/h4-5,7-8,10-11,13,16-17H,6,9,12,14-15H2,1-3H3;1H/t16-,17+;/m1./s1. The summed E-state index contributed by atoms with van der Waals surface area (Å²) in [5, 5.41) is 0. The number of carbonyl (C=O) groups is 1. The van der Waals surface area contributed by atoms with E-state index in [9.17, 15) is 4.79 Å². The Morgan fingerprint density at radius 1 is 1.15 bits per heavy atom. The first kappa shape index (κ1) is 21.3. The third kappa shape index (κ3) is 5.05. The SMILES string of the molecule is COc1ccccc1CCCN1C[C@H](C)N(C(=O)c2ccco2)C[C@H]1C.Cl. The van der Waals surface area contributed by atoms with Crippen molar-refractivity contribution in [1.29, 1.82) is 0 Å². The van der Waals surface area contributed by atoms with E-state index in [-0.39, 0.29) is 24.4 Å². The Balaban J connectivity index is 0.00000261. The first-order valence-electron chi connectivity index (χ1n) is 9.30. The fraction of sp³-hybridized carbons (Fsp3) is 0.476. The quantitative estimate of drug-likeness (QED) is 0.748. The largest absolute Gasteiger partial charge is 0.496 e. The van der Waals surface area contributed by atoms with E-state index in [4.69, 9.17) is 9.15 Å². The second-order valence-electron chi connectivity index (χ2n) is 7.04. The number of ether oxygens (including phenoxy) is 1. The molecule has 1 saturated heterocycles. The van der Waals surface area contributed by atoms with Crippen LogP contribution in [0.3, 0.4) is 0 Å². The molecule has 3 rings (SSSR count). The summed E-state index contributed by atoms with van der Waals surface area (Å²) in [6, 6.07) is 12.2. The number of furan rings is 1. The van der Waals surface area contributed by atoms with Gasteiger partial charge in [0.05, 0.1) is 13.4 Å². The number of halogens is 1. The molecule has 2 heterocycles. The summed E-state index contributed by atoms with van der Waals surface area (Å²) >= 11 is 0. The highest BCUT2D eigenvalue weighted by Gasteiger charge is 2.32. The van der Waals surface area contributed by atoms with E-state index in [1.165, 1.54) is 5.56 Å². The Labute approximate surface area is 167 Å². The highest BCUT2D eigenvalue weighted by atomic mass is 35.5. The monoisotopic (exact) mass is 392 g/mol. The van der Waals surface area contributed by atoms with Gasteiger partial charge in [-0.25, -0.2) is 0 Å². The van der Waals surface area contributed by atoms with Crippen LogP contribution < -0.4 is 4.74 Å². The van der Waals surface area contributed by atoms with Gasteiger partial charge in [0.25, 0.3) is 5.91 Å². The predicted molar refractivity (Wildman–Crippen MR) is 109 cm³/mol. The van der Waals surface area contributed by atoms with Crippen molar-refractivity contribution in [3.63, 3.8) is 0 Å². The van der Waals surface area contributed by atoms with E-state index in [1.807, 2.05) is 17.0 Å². The van der Waals surface area contributed by atoms with Gasteiger partial charge < -0.3 is 14.1 Å². The minimum absolute atomic E-state index is 0. The number of amides is 1. The van der Waals surface area contributed by atoms with Crippen LogP contribution in [0.1, 0.15) is 36.4 Å². The van der Waals surface area contributed by atoms with Gasteiger partial charge in [0.1, 0.15) is 5.75 Å². The fourth-order valence-corrected chi connectivity index (χ4v) is 3.72. The summed E-state index contributed by atoms with van der Waals surface area (Å²) in [5.41, 5.74) is 1.25. The topological polar surface area (TPSA) is 45.9 Å². The number of hydrogen-bond donors (Lipinski definition) is 0. The number of methoxy groups -OCH3 is 1. The molecule has 0 bridgehead atoms. The third-order valence-corrected chi connectivity index (χ3v) is 5.19. The first-order valence-corrected chi connectivity index (χ1v) is 9.30. The Morgan fingerprint density at radius 3 is 2.63 bits per heavy atom. The summed E-state index contributed by atoms with van der Waals surface area (Å²) in [6.07, 6.45) is 3.62. The maximum atomic E-state index is 12.6. The molecule has 1 amide bonds. The molecule has 1 aliphatic rings. The van der Waals surface area contributed by atoms with Crippen LogP contribution in [0.2, 0.25) is 0 Å². The molecule has 0 N–H and O–H groups in total. The van der Waals surface area contributed by atoms with Crippen molar-refractivity contribution in [3.05, 3.63) is 54.0 Å². The van der Waals surface area contributed by atoms with Gasteiger partial charge in [0, 0.05) is 25.2 Å². The summed E-state index contributed by atoms with van der Waals surface area (Å²) in [4.78, 5) is 17.0. The highest BCUT2D eigenvalue weighted by Crippen LogP contribution is 2.21. The molecular formula is C21H29ClN2O3. The zero-order chi connectivity index (χ0) is 18.5. The van der Waals surface area contributed by atoms with Crippen molar-refractivity contribution < 1.29 is 13.9 Å². The van der Waals surface area contributed by atoms with Crippen LogP contribution in [-0.2, 0) is 6.42 Å². The lowest BCUT2D eigenvalue weighted by Crippen LogP contribution is -2.58. The number of hydrogen-bond acceptors (Lipinski definition) is 4. The van der Waals surface area contributed by atoms with Crippen LogP contribution in [0.4, 0.5) is 0 Å². The molecule has 1 aromatic carbocycles. The van der Waals surface area contributed by atoms with Gasteiger partial charge in [-0.05, 0) is 57.0 Å². The zero-order valence-corrected chi connectivity index (χ0v) is 17.1. The van der Waals surface area contributed by atoms with Crippen LogP contribution >= 0.6 is 12.4 Å². The molecule has 1 fully saturated rings. The molecule has 5 nitrogen and oxygen atoms in total. The number of nitrogens with zero attached hydrogens (tertiary/aromatic N) is 2. The Bertz CT molecular complexity index is 720. The number of carbonyl (C=O) groups excluding carboxylic acids is 1. The van der Waals surface area contributed by atoms with E-state index in [0.717, 1.165) is 38.2 Å². The molecule has 0 unspecified atom stereocenters. The van der Waals surface area contributed by atoms with Crippen LogP contribution in [-0.4, -0.2) is 54.5 Å². The molecule has 1 aromatic heterocycles. The van der Waals surface area contributed by atoms with E-state index in [0.29, 0.717) is 11.8 Å². The average Bonchev–Trinajstić information content (AvgIpc) is 3.19. The number of aryl methyl sites for hydroxylation is 1. The van der Waals surface area contributed by atoms with Crippen LogP contribution in [0.25, 0.3) is 0 Å².